The van der Waals surface area contributed by atoms with Gasteiger partial charge in [-0.3, -0.25) is 4.79 Å². The predicted octanol–water partition coefficient (Wildman–Crippen LogP) is 0.759. The van der Waals surface area contributed by atoms with Crippen LogP contribution in [0.25, 0.3) is 0 Å². The SMILES string of the molecule is O=C(NS(=O)(=O)c1ccc(O)cc1)C(F)(F)F. The van der Waals surface area contributed by atoms with Crippen molar-refractivity contribution in [3.63, 3.8) is 0 Å². The molecule has 0 heterocycles. The first-order valence-electron chi connectivity index (χ1n) is 4.06. The Kier molecular flexibility index (Phi) is 3.32. The molecule has 0 unspecified atom stereocenters. The topological polar surface area (TPSA) is 83.5 Å². The number of hydrogen-bond acceptors (Lipinski definition) is 4. The number of halogens is 3. The number of sulfonamides is 1. The highest BCUT2D eigenvalue weighted by molar-refractivity contribution is 7.90. The number of rotatable bonds is 2. The summed E-state index contributed by atoms with van der Waals surface area (Å²) >= 11 is 0. The van der Waals surface area contributed by atoms with Crippen LogP contribution in [0.2, 0.25) is 0 Å². The number of amides is 1. The number of carbonyl (C=O) groups excluding carboxylic acids is 1. The van der Waals surface area contributed by atoms with Crippen molar-refractivity contribution in [1.29, 1.82) is 0 Å². The molecule has 1 aromatic carbocycles. The van der Waals surface area contributed by atoms with Gasteiger partial charge in [-0.2, -0.15) is 13.2 Å². The van der Waals surface area contributed by atoms with Gasteiger partial charge in [-0.25, -0.2) is 13.1 Å². The number of carbonyl (C=O) groups is 1. The van der Waals surface area contributed by atoms with Crippen LogP contribution in [0.3, 0.4) is 0 Å². The summed E-state index contributed by atoms with van der Waals surface area (Å²) in [6.45, 7) is 0. The minimum atomic E-state index is -5.29. The Balaban J connectivity index is 2.98. The van der Waals surface area contributed by atoms with E-state index in [-0.39, 0.29) is 5.75 Å². The first-order chi connectivity index (χ1) is 7.63. The van der Waals surface area contributed by atoms with Crippen LogP contribution in [-0.4, -0.2) is 25.6 Å². The lowest BCUT2D eigenvalue weighted by molar-refractivity contribution is -0.171. The Morgan fingerprint density at radius 1 is 1.18 bits per heavy atom. The molecule has 5 nitrogen and oxygen atoms in total. The third kappa shape index (κ3) is 3.34. The van der Waals surface area contributed by atoms with Gasteiger partial charge in [0.2, 0.25) is 0 Å². The van der Waals surface area contributed by atoms with Gasteiger partial charge in [0.25, 0.3) is 10.0 Å². The highest BCUT2D eigenvalue weighted by Gasteiger charge is 2.41. The average molecular weight is 269 g/mol. The fraction of sp³-hybridized carbons (Fsp3) is 0.125. The Morgan fingerprint density at radius 2 is 1.65 bits per heavy atom. The molecule has 94 valence electrons. The zero-order valence-electron chi connectivity index (χ0n) is 8.02. The second-order valence-electron chi connectivity index (χ2n) is 2.93. The van der Waals surface area contributed by atoms with Crippen LogP contribution in [-0.2, 0) is 14.8 Å². The third-order valence-electron chi connectivity index (χ3n) is 1.63. The lowest BCUT2D eigenvalue weighted by Crippen LogP contribution is -2.40. The van der Waals surface area contributed by atoms with Crippen LogP contribution in [0.4, 0.5) is 13.2 Å². The van der Waals surface area contributed by atoms with Crippen LogP contribution in [0.5, 0.6) is 5.75 Å². The molecular formula is C8H6F3NO4S. The van der Waals surface area contributed by atoms with E-state index in [0.717, 1.165) is 29.0 Å². The summed E-state index contributed by atoms with van der Waals surface area (Å²) in [7, 11) is -4.59. The minimum absolute atomic E-state index is 0.258. The number of aromatic hydroxyl groups is 1. The summed E-state index contributed by atoms with van der Waals surface area (Å²) in [6, 6.07) is 3.65. The monoisotopic (exact) mass is 269 g/mol. The van der Waals surface area contributed by atoms with Crippen LogP contribution in [0.1, 0.15) is 0 Å². The molecule has 0 aromatic heterocycles. The molecule has 0 saturated heterocycles. The summed E-state index contributed by atoms with van der Waals surface area (Å²) in [4.78, 5) is 9.89. The molecule has 0 fully saturated rings. The fourth-order valence-corrected chi connectivity index (χ4v) is 1.84. The van der Waals surface area contributed by atoms with E-state index in [4.69, 9.17) is 5.11 Å². The van der Waals surface area contributed by atoms with E-state index in [1.165, 1.54) is 0 Å². The van der Waals surface area contributed by atoms with E-state index in [2.05, 4.69) is 0 Å². The van der Waals surface area contributed by atoms with E-state index >= 15 is 0 Å². The normalized spacial score (nSPS) is 12.2. The summed E-state index contributed by atoms with van der Waals surface area (Å²) in [5, 5.41) is 8.87. The summed E-state index contributed by atoms with van der Waals surface area (Å²) < 4.78 is 59.0. The number of phenols is 1. The largest absolute Gasteiger partial charge is 0.508 e. The van der Waals surface area contributed by atoms with Gasteiger partial charge < -0.3 is 5.11 Å². The maximum Gasteiger partial charge on any atom is 0.472 e. The molecule has 0 radical (unpaired) electrons. The number of phenolic OH excluding ortho intramolecular Hbond substituents is 1. The highest BCUT2D eigenvalue weighted by atomic mass is 32.2. The fourth-order valence-electron chi connectivity index (χ4n) is 0.864. The summed E-state index contributed by atoms with van der Waals surface area (Å²) in [5.74, 6) is -2.84. The molecule has 9 heteroatoms. The van der Waals surface area contributed by atoms with Gasteiger partial charge in [0.15, 0.2) is 0 Å². The van der Waals surface area contributed by atoms with Crippen molar-refractivity contribution in [2.45, 2.75) is 11.1 Å². The molecule has 0 atom stereocenters. The van der Waals surface area contributed by atoms with E-state index in [1.54, 1.807) is 0 Å². The van der Waals surface area contributed by atoms with Crippen molar-refractivity contribution in [2.75, 3.05) is 0 Å². The molecule has 1 rings (SSSR count). The average Bonchev–Trinajstić information content (AvgIpc) is 2.16. The highest BCUT2D eigenvalue weighted by Crippen LogP contribution is 2.18. The standard InChI is InChI=1S/C8H6F3NO4S/c9-8(10,11)7(14)12-17(15,16)6-3-1-5(13)2-4-6/h1-4,13H,(H,12,14). The number of alkyl halides is 3. The molecule has 1 amide bonds. The maximum atomic E-state index is 11.8. The van der Waals surface area contributed by atoms with Gasteiger partial charge in [0, 0.05) is 0 Å². The van der Waals surface area contributed by atoms with Crippen molar-refractivity contribution < 1.29 is 31.5 Å². The van der Waals surface area contributed by atoms with Crippen LogP contribution < -0.4 is 4.72 Å². The lowest BCUT2D eigenvalue weighted by Gasteiger charge is -2.08. The molecule has 2 N–H and O–H groups in total. The van der Waals surface area contributed by atoms with E-state index in [1.807, 2.05) is 0 Å². The van der Waals surface area contributed by atoms with Crippen molar-refractivity contribution in [2.24, 2.45) is 0 Å². The second-order valence-corrected chi connectivity index (χ2v) is 4.61. The summed E-state index contributed by atoms with van der Waals surface area (Å²) in [5.41, 5.74) is 0. The van der Waals surface area contributed by atoms with Crippen LogP contribution in [0.15, 0.2) is 29.2 Å². The lowest BCUT2D eigenvalue weighted by atomic mass is 10.3. The van der Waals surface area contributed by atoms with Crippen molar-refractivity contribution >= 4 is 15.9 Å². The number of benzene rings is 1. The third-order valence-corrected chi connectivity index (χ3v) is 2.98. The van der Waals surface area contributed by atoms with Gasteiger partial charge in [0.1, 0.15) is 5.75 Å². The zero-order chi connectivity index (χ0) is 13.3. The molecule has 17 heavy (non-hydrogen) atoms. The maximum absolute atomic E-state index is 11.8. The minimum Gasteiger partial charge on any atom is -0.508 e. The Morgan fingerprint density at radius 3 is 2.06 bits per heavy atom. The number of hydrogen-bond donors (Lipinski definition) is 2. The molecule has 1 aromatic rings. The predicted molar refractivity (Wildman–Crippen MR) is 49.5 cm³/mol. The molecular weight excluding hydrogens is 263 g/mol. The first-order valence-corrected chi connectivity index (χ1v) is 5.54. The van der Waals surface area contributed by atoms with Crippen molar-refractivity contribution in [3.8, 4) is 5.75 Å². The van der Waals surface area contributed by atoms with Gasteiger partial charge in [-0.15, -0.1) is 0 Å². The van der Waals surface area contributed by atoms with E-state index < -0.39 is 27.0 Å². The Hall–Kier alpha value is -1.77. The molecule has 0 aliphatic rings. The van der Waals surface area contributed by atoms with Gasteiger partial charge >= 0.3 is 12.1 Å². The van der Waals surface area contributed by atoms with Crippen LogP contribution in [0, 0.1) is 0 Å². The van der Waals surface area contributed by atoms with Gasteiger partial charge in [0.05, 0.1) is 4.90 Å². The first kappa shape index (κ1) is 13.3. The molecule has 0 bridgehead atoms. The number of nitrogens with one attached hydrogen (secondary N) is 1. The molecule has 0 saturated carbocycles. The van der Waals surface area contributed by atoms with Crippen LogP contribution >= 0.6 is 0 Å². The smallest absolute Gasteiger partial charge is 0.472 e. The van der Waals surface area contributed by atoms with E-state index in [0.29, 0.717) is 0 Å². The quantitative estimate of drug-likeness (QED) is 0.830. The van der Waals surface area contributed by atoms with Gasteiger partial charge in [-0.05, 0) is 24.3 Å². The molecule has 0 aliphatic heterocycles. The zero-order valence-corrected chi connectivity index (χ0v) is 8.84. The van der Waals surface area contributed by atoms with E-state index in [9.17, 15) is 26.4 Å². The molecule has 0 aliphatic carbocycles. The summed E-state index contributed by atoms with van der Waals surface area (Å²) in [6.07, 6.45) is -5.29. The van der Waals surface area contributed by atoms with Crippen molar-refractivity contribution in [1.82, 2.24) is 4.72 Å². The van der Waals surface area contributed by atoms with Crippen molar-refractivity contribution in [3.05, 3.63) is 24.3 Å². The second kappa shape index (κ2) is 4.24. The van der Waals surface area contributed by atoms with Gasteiger partial charge in [-0.1, -0.05) is 0 Å². The molecule has 0 spiro atoms. The Labute approximate surface area is 93.9 Å². The Bertz CT molecular complexity index is 521.